The van der Waals surface area contributed by atoms with Crippen molar-refractivity contribution in [2.24, 2.45) is 0 Å². The van der Waals surface area contributed by atoms with E-state index in [-0.39, 0.29) is 12.8 Å². The van der Waals surface area contributed by atoms with Gasteiger partial charge in [-0.2, -0.15) is 0 Å². The maximum atomic E-state index is 10.3. The Morgan fingerprint density at radius 1 is 1.13 bits per heavy atom. The van der Waals surface area contributed by atoms with Crippen LogP contribution in [0, 0.1) is 12.3 Å². The predicted molar refractivity (Wildman–Crippen MR) is 54.4 cm³/mol. The van der Waals surface area contributed by atoms with Crippen LogP contribution in [0.1, 0.15) is 19.3 Å². The van der Waals surface area contributed by atoms with Crippen LogP contribution in [-0.4, -0.2) is 46.7 Å². The van der Waals surface area contributed by atoms with Crippen molar-refractivity contribution in [3.05, 3.63) is 0 Å². The van der Waals surface area contributed by atoms with Crippen LogP contribution >= 0.6 is 0 Å². The van der Waals surface area contributed by atoms with E-state index in [4.69, 9.17) is 16.6 Å². The largest absolute Gasteiger partial charge is 0.481 e. The zero-order chi connectivity index (χ0) is 11.7. The predicted octanol–water partition coefficient (Wildman–Crippen LogP) is 0.261. The third-order valence-electron chi connectivity index (χ3n) is 1.82. The molecule has 0 unspecified atom stereocenters. The molecule has 0 radical (unpaired) electrons. The van der Waals surface area contributed by atoms with E-state index in [0.717, 1.165) is 0 Å². The summed E-state index contributed by atoms with van der Waals surface area (Å²) in [7, 11) is 0. The van der Waals surface area contributed by atoms with E-state index in [1.807, 2.05) is 0 Å². The quantitative estimate of drug-likeness (QED) is 0.565. The average Bonchev–Trinajstić information content (AvgIpc) is 2.13. The Labute approximate surface area is 88.7 Å². The minimum Gasteiger partial charge on any atom is -0.481 e. The van der Waals surface area contributed by atoms with Gasteiger partial charge in [0.2, 0.25) is 0 Å². The van der Waals surface area contributed by atoms with Gasteiger partial charge in [0.15, 0.2) is 0 Å². The first-order valence-electron chi connectivity index (χ1n) is 4.65. The van der Waals surface area contributed by atoms with E-state index in [1.54, 1.807) is 4.90 Å². The van der Waals surface area contributed by atoms with Gasteiger partial charge in [-0.15, -0.1) is 6.42 Å². The number of rotatable bonds is 8. The van der Waals surface area contributed by atoms with Gasteiger partial charge in [0, 0.05) is 13.0 Å². The van der Waals surface area contributed by atoms with Crippen LogP contribution in [0.15, 0.2) is 0 Å². The molecule has 0 atom stereocenters. The lowest BCUT2D eigenvalue weighted by molar-refractivity contribution is -0.138. The van der Waals surface area contributed by atoms with E-state index in [0.29, 0.717) is 26.1 Å². The van der Waals surface area contributed by atoms with Gasteiger partial charge < -0.3 is 10.2 Å². The number of carbonyl (C=O) groups is 2. The summed E-state index contributed by atoms with van der Waals surface area (Å²) in [4.78, 5) is 22.3. The van der Waals surface area contributed by atoms with Gasteiger partial charge >= 0.3 is 11.9 Å². The highest BCUT2D eigenvalue weighted by atomic mass is 16.4. The summed E-state index contributed by atoms with van der Waals surface area (Å²) >= 11 is 0. The van der Waals surface area contributed by atoms with Crippen molar-refractivity contribution in [3.63, 3.8) is 0 Å². The number of carboxylic acids is 2. The molecule has 0 bridgehead atoms. The molecule has 0 aliphatic rings. The summed E-state index contributed by atoms with van der Waals surface area (Å²) in [6.07, 6.45) is 5.69. The first-order chi connectivity index (χ1) is 7.06. The molecule has 0 rings (SSSR count). The molecule has 0 heterocycles. The summed E-state index contributed by atoms with van der Waals surface area (Å²) in [6, 6.07) is 0. The Balaban J connectivity index is 3.78. The fraction of sp³-hybridized carbons (Fsp3) is 0.600. The second-order valence-corrected chi connectivity index (χ2v) is 3.12. The minimum atomic E-state index is -0.879. The summed E-state index contributed by atoms with van der Waals surface area (Å²) in [5.41, 5.74) is 0. The molecule has 0 aromatic carbocycles. The molecule has 15 heavy (non-hydrogen) atoms. The Bertz CT molecular complexity index is 257. The summed E-state index contributed by atoms with van der Waals surface area (Å²) in [6.45, 7) is 1.23. The van der Waals surface area contributed by atoms with E-state index in [1.165, 1.54) is 0 Å². The van der Waals surface area contributed by atoms with Gasteiger partial charge in [0.05, 0.1) is 13.0 Å². The van der Waals surface area contributed by atoms with Crippen LogP contribution in [0.25, 0.3) is 0 Å². The molecule has 0 spiro atoms. The highest BCUT2D eigenvalue weighted by Crippen LogP contribution is 1.97. The first-order valence-corrected chi connectivity index (χ1v) is 4.65. The monoisotopic (exact) mass is 213 g/mol. The number of hydrogen-bond donors (Lipinski definition) is 2. The van der Waals surface area contributed by atoms with Crippen molar-refractivity contribution in [2.75, 3.05) is 19.6 Å². The Morgan fingerprint density at radius 2 is 1.73 bits per heavy atom. The summed E-state index contributed by atoms with van der Waals surface area (Å²) in [5.74, 6) is 0.683. The van der Waals surface area contributed by atoms with Gasteiger partial charge in [0.1, 0.15) is 0 Å². The molecule has 0 aliphatic carbocycles. The molecule has 5 nitrogen and oxygen atoms in total. The Kier molecular flexibility index (Phi) is 7.02. The zero-order valence-corrected chi connectivity index (χ0v) is 8.48. The van der Waals surface area contributed by atoms with Gasteiger partial charge in [-0.05, 0) is 13.0 Å². The topological polar surface area (TPSA) is 77.8 Å². The Hall–Kier alpha value is -1.54. The van der Waals surface area contributed by atoms with Gasteiger partial charge in [-0.3, -0.25) is 14.5 Å². The maximum absolute atomic E-state index is 10.3. The molecule has 0 aromatic heterocycles. The second kappa shape index (κ2) is 7.83. The van der Waals surface area contributed by atoms with E-state index in [2.05, 4.69) is 5.92 Å². The summed E-state index contributed by atoms with van der Waals surface area (Å²) < 4.78 is 0. The smallest absolute Gasteiger partial charge is 0.304 e. The van der Waals surface area contributed by atoms with Gasteiger partial charge in [-0.1, -0.05) is 5.92 Å². The van der Waals surface area contributed by atoms with Crippen LogP contribution < -0.4 is 0 Å². The standard InChI is InChI=1S/C10H15NO4/c1-2-6-11(8-5-10(14)15)7-3-4-9(12)13/h1H,3-8H2,(H,12,13)(H,14,15). The van der Waals surface area contributed by atoms with E-state index >= 15 is 0 Å². The SMILES string of the molecule is C#CCN(CCCC(=O)O)CCC(=O)O. The number of aliphatic carboxylic acids is 2. The van der Waals surface area contributed by atoms with Crippen molar-refractivity contribution in [1.82, 2.24) is 4.90 Å². The summed E-state index contributed by atoms with van der Waals surface area (Å²) in [5, 5.41) is 16.9. The Morgan fingerprint density at radius 3 is 2.20 bits per heavy atom. The fourth-order valence-electron chi connectivity index (χ4n) is 1.11. The molecular weight excluding hydrogens is 198 g/mol. The second-order valence-electron chi connectivity index (χ2n) is 3.12. The zero-order valence-electron chi connectivity index (χ0n) is 8.48. The number of terminal acetylenes is 1. The number of carboxylic acid groups (broad SMARTS) is 2. The maximum Gasteiger partial charge on any atom is 0.304 e. The van der Waals surface area contributed by atoms with Gasteiger partial charge in [0.25, 0.3) is 0 Å². The molecular formula is C10H15NO4. The molecule has 0 saturated heterocycles. The molecule has 2 N–H and O–H groups in total. The molecule has 0 amide bonds. The van der Waals surface area contributed by atoms with Crippen LogP contribution in [0.3, 0.4) is 0 Å². The van der Waals surface area contributed by atoms with Crippen molar-refractivity contribution in [2.45, 2.75) is 19.3 Å². The molecule has 0 aromatic rings. The van der Waals surface area contributed by atoms with Crippen LogP contribution in [0.2, 0.25) is 0 Å². The molecule has 0 saturated carbocycles. The van der Waals surface area contributed by atoms with Crippen LogP contribution in [0.4, 0.5) is 0 Å². The van der Waals surface area contributed by atoms with E-state index in [9.17, 15) is 9.59 Å². The minimum absolute atomic E-state index is 0.0226. The average molecular weight is 213 g/mol. The molecule has 5 heteroatoms. The third kappa shape index (κ3) is 8.78. The highest BCUT2D eigenvalue weighted by Gasteiger charge is 2.07. The number of nitrogens with zero attached hydrogens (tertiary/aromatic N) is 1. The first kappa shape index (κ1) is 13.5. The van der Waals surface area contributed by atoms with Crippen molar-refractivity contribution in [1.29, 1.82) is 0 Å². The van der Waals surface area contributed by atoms with Crippen LogP contribution in [-0.2, 0) is 9.59 Å². The normalized spacial score (nSPS) is 9.87. The third-order valence-corrected chi connectivity index (χ3v) is 1.82. The van der Waals surface area contributed by atoms with Crippen LogP contribution in [0.5, 0.6) is 0 Å². The van der Waals surface area contributed by atoms with Crippen molar-refractivity contribution in [3.8, 4) is 12.3 Å². The van der Waals surface area contributed by atoms with Crippen molar-refractivity contribution >= 4 is 11.9 Å². The fourth-order valence-corrected chi connectivity index (χ4v) is 1.11. The highest BCUT2D eigenvalue weighted by molar-refractivity contribution is 5.67. The lowest BCUT2D eigenvalue weighted by atomic mass is 10.2. The lowest BCUT2D eigenvalue weighted by Crippen LogP contribution is -2.28. The van der Waals surface area contributed by atoms with Crippen molar-refractivity contribution < 1.29 is 19.8 Å². The van der Waals surface area contributed by atoms with E-state index < -0.39 is 11.9 Å². The van der Waals surface area contributed by atoms with Gasteiger partial charge in [-0.25, -0.2) is 0 Å². The number of hydrogen-bond acceptors (Lipinski definition) is 3. The lowest BCUT2D eigenvalue weighted by Gasteiger charge is -2.17. The molecule has 0 fully saturated rings. The molecule has 0 aliphatic heterocycles. The molecule has 84 valence electrons.